The van der Waals surface area contributed by atoms with Crippen molar-refractivity contribution in [1.82, 2.24) is 14.9 Å². The molecular formula is C17H25N3O3. The molecule has 6 heteroatoms. The molecule has 0 aliphatic carbocycles. The van der Waals surface area contributed by atoms with Crippen molar-refractivity contribution in [2.75, 3.05) is 6.54 Å². The lowest BCUT2D eigenvalue weighted by atomic mass is 10.2. The molecular weight excluding hydrogens is 294 g/mol. The summed E-state index contributed by atoms with van der Waals surface area (Å²) in [6.45, 7) is 6.76. The maximum atomic E-state index is 11.5. The molecule has 0 fully saturated rings. The molecule has 0 atom stereocenters. The molecule has 2 N–H and O–H groups in total. The molecule has 1 amide bonds. The van der Waals surface area contributed by atoms with Gasteiger partial charge in [-0.2, -0.15) is 0 Å². The summed E-state index contributed by atoms with van der Waals surface area (Å²) in [5.41, 5.74) is 1.44. The summed E-state index contributed by atoms with van der Waals surface area (Å²) < 4.78 is 7.22. The Hall–Kier alpha value is -2.08. The van der Waals surface area contributed by atoms with Crippen LogP contribution < -0.4 is 5.32 Å². The fourth-order valence-corrected chi connectivity index (χ4v) is 2.40. The highest BCUT2D eigenvalue weighted by molar-refractivity contribution is 5.75. The van der Waals surface area contributed by atoms with Gasteiger partial charge >= 0.3 is 6.09 Å². The van der Waals surface area contributed by atoms with E-state index >= 15 is 0 Å². The van der Waals surface area contributed by atoms with Crippen LogP contribution in [0.3, 0.4) is 0 Å². The van der Waals surface area contributed by atoms with Gasteiger partial charge in [-0.05, 0) is 45.7 Å². The number of nitrogens with zero attached hydrogens (tertiary/aromatic N) is 2. The van der Waals surface area contributed by atoms with Gasteiger partial charge in [0.15, 0.2) is 0 Å². The Bertz CT molecular complexity index is 659. The minimum Gasteiger partial charge on any atom is -0.444 e. The molecule has 2 rings (SSSR count). The van der Waals surface area contributed by atoms with Gasteiger partial charge in [-0.3, -0.25) is 0 Å². The summed E-state index contributed by atoms with van der Waals surface area (Å²) in [7, 11) is 0. The largest absolute Gasteiger partial charge is 0.444 e. The second kappa shape index (κ2) is 7.46. The van der Waals surface area contributed by atoms with Gasteiger partial charge in [0.05, 0.1) is 11.0 Å². The number of aromatic nitrogens is 2. The molecule has 0 spiro atoms. The van der Waals surface area contributed by atoms with E-state index in [1.54, 1.807) is 0 Å². The van der Waals surface area contributed by atoms with Crippen molar-refractivity contribution in [3.8, 4) is 0 Å². The quantitative estimate of drug-likeness (QED) is 0.803. The maximum Gasteiger partial charge on any atom is 0.407 e. The van der Waals surface area contributed by atoms with E-state index in [4.69, 9.17) is 4.74 Å². The monoisotopic (exact) mass is 319 g/mol. The normalized spacial score (nSPS) is 11.7. The number of carbonyl (C=O) groups excluding carboxylic acids is 1. The predicted octanol–water partition coefficient (Wildman–Crippen LogP) is 2.83. The van der Waals surface area contributed by atoms with Crippen molar-refractivity contribution >= 4 is 17.1 Å². The van der Waals surface area contributed by atoms with Gasteiger partial charge in [-0.1, -0.05) is 12.1 Å². The van der Waals surface area contributed by atoms with Crippen molar-refractivity contribution in [2.24, 2.45) is 0 Å². The van der Waals surface area contributed by atoms with E-state index in [1.807, 2.05) is 49.6 Å². The number of alkyl carbamates (subject to hydrolysis) is 1. The number of aliphatic hydroxyl groups excluding tert-OH is 1. The number of carbonyl (C=O) groups is 1. The molecule has 1 heterocycles. The molecule has 6 nitrogen and oxygen atoms in total. The van der Waals surface area contributed by atoms with Crippen LogP contribution in [0.2, 0.25) is 0 Å². The average Bonchev–Trinajstić information content (AvgIpc) is 2.83. The van der Waals surface area contributed by atoms with Gasteiger partial charge in [0.2, 0.25) is 0 Å². The van der Waals surface area contributed by atoms with Crippen molar-refractivity contribution in [3.05, 3.63) is 30.1 Å². The van der Waals surface area contributed by atoms with Crippen LogP contribution in [-0.2, 0) is 17.9 Å². The summed E-state index contributed by atoms with van der Waals surface area (Å²) in [5, 5.41) is 12.2. The molecule has 0 bridgehead atoms. The van der Waals surface area contributed by atoms with Gasteiger partial charge in [0.1, 0.15) is 18.0 Å². The third-order valence-electron chi connectivity index (χ3n) is 3.35. The molecule has 0 unspecified atom stereocenters. The topological polar surface area (TPSA) is 76.4 Å². The predicted molar refractivity (Wildman–Crippen MR) is 89.1 cm³/mol. The Morgan fingerprint density at radius 1 is 1.30 bits per heavy atom. The van der Waals surface area contributed by atoms with Crippen LogP contribution >= 0.6 is 0 Å². The first-order valence-corrected chi connectivity index (χ1v) is 7.92. The summed E-state index contributed by atoms with van der Waals surface area (Å²) in [4.78, 5) is 16.0. The number of aryl methyl sites for hydroxylation is 1. The molecule has 0 aliphatic rings. The second-order valence-electron chi connectivity index (χ2n) is 6.46. The lowest BCUT2D eigenvalue weighted by Gasteiger charge is -2.19. The molecule has 1 aromatic heterocycles. The highest BCUT2D eigenvalue weighted by atomic mass is 16.6. The lowest BCUT2D eigenvalue weighted by molar-refractivity contribution is 0.0527. The highest BCUT2D eigenvalue weighted by Gasteiger charge is 2.15. The first kappa shape index (κ1) is 17.3. The van der Waals surface area contributed by atoms with Crippen LogP contribution in [0.25, 0.3) is 11.0 Å². The number of hydrogen-bond acceptors (Lipinski definition) is 4. The van der Waals surface area contributed by atoms with E-state index in [0.717, 1.165) is 30.4 Å². The van der Waals surface area contributed by atoms with E-state index in [2.05, 4.69) is 10.3 Å². The number of hydrogen-bond donors (Lipinski definition) is 2. The molecule has 2 aromatic rings. The first-order chi connectivity index (χ1) is 10.9. The molecule has 0 radical (unpaired) electrons. The third kappa shape index (κ3) is 4.96. The number of rotatable bonds is 6. The molecule has 0 aliphatic heterocycles. The number of aliphatic hydroxyl groups is 1. The number of amides is 1. The number of imidazole rings is 1. The Labute approximate surface area is 136 Å². The lowest BCUT2D eigenvalue weighted by Crippen LogP contribution is -2.33. The number of fused-ring (bicyclic) bond motifs is 1. The van der Waals surface area contributed by atoms with E-state index in [0.29, 0.717) is 12.4 Å². The van der Waals surface area contributed by atoms with Crippen molar-refractivity contribution < 1.29 is 14.6 Å². The zero-order valence-corrected chi connectivity index (χ0v) is 14.0. The summed E-state index contributed by atoms with van der Waals surface area (Å²) >= 11 is 0. The Morgan fingerprint density at radius 3 is 2.74 bits per heavy atom. The van der Waals surface area contributed by atoms with Crippen LogP contribution in [-0.4, -0.2) is 32.9 Å². The van der Waals surface area contributed by atoms with Crippen molar-refractivity contribution in [1.29, 1.82) is 0 Å². The van der Waals surface area contributed by atoms with Crippen LogP contribution in [0.4, 0.5) is 4.79 Å². The summed E-state index contributed by atoms with van der Waals surface area (Å²) in [5.74, 6) is 0.673. The minimum absolute atomic E-state index is 0.0785. The van der Waals surface area contributed by atoms with Gasteiger partial charge < -0.3 is 19.7 Å². The van der Waals surface area contributed by atoms with E-state index in [9.17, 15) is 9.90 Å². The smallest absolute Gasteiger partial charge is 0.407 e. The number of unbranched alkanes of at least 4 members (excludes halogenated alkanes) is 1. The molecule has 23 heavy (non-hydrogen) atoms. The molecule has 1 aromatic carbocycles. The van der Waals surface area contributed by atoms with Gasteiger partial charge in [-0.15, -0.1) is 0 Å². The van der Waals surface area contributed by atoms with Crippen molar-refractivity contribution in [3.63, 3.8) is 0 Å². The van der Waals surface area contributed by atoms with Crippen LogP contribution in [0.5, 0.6) is 0 Å². The van der Waals surface area contributed by atoms with Crippen LogP contribution in [0, 0.1) is 0 Å². The first-order valence-electron chi connectivity index (χ1n) is 7.92. The maximum absolute atomic E-state index is 11.5. The summed E-state index contributed by atoms with van der Waals surface area (Å²) in [6.07, 6.45) is 1.32. The van der Waals surface area contributed by atoms with Crippen LogP contribution in [0.15, 0.2) is 24.3 Å². The fourth-order valence-electron chi connectivity index (χ4n) is 2.40. The Kier molecular flexibility index (Phi) is 5.60. The van der Waals surface area contributed by atoms with E-state index < -0.39 is 5.60 Å². The summed E-state index contributed by atoms with van der Waals surface area (Å²) in [6, 6.07) is 7.84. The molecule has 0 saturated heterocycles. The van der Waals surface area contributed by atoms with E-state index in [-0.39, 0.29) is 12.7 Å². The zero-order chi connectivity index (χ0) is 16.9. The third-order valence-corrected chi connectivity index (χ3v) is 3.35. The van der Waals surface area contributed by atoms with Gasteiger partial charge in [0, 0.05) is 13.1 Å². The van der Waals surface area contributed by atoms with Gasteiger partial charge in [0.25, 0.3) is 0 Å². The standard InChI is InChI=1S/C17H25N3O3/c1-17(2,3)23-16(22)18-10-6-7-11-20-14-9-5-4-8-13(14)19-15(20)12-21/h4-5,8-9,21H,6-7,10-12H2,1-3H3,(H,18,22). The zero-order valence-electron chi connectivity index (χ0n) is 14.0. The molecule has 126 valence electrons. The van der Waals surface area contributed by atoms with E-state index in [1.165, 1.54) is 0 Å². The second-order valence-corrected chi connectivity index (χ2v) is 6.46. The van der Waals surface area contributed by atoms with Crippen molar-refractivity contribution in [2.45, 2.75) is 52.4 Å². The average molecular weight is 319 g/mol. The van der Waals surface area contributed by atoms with Gasteiger partial charge in [-0.25, -0.2) is 9.78 Å². The number of para-hydroxylation sites is 2. The molecule has 0 saturated carbocycles. The number of benzene rings is 1. The Balaban J connectivity index is 1.82. The number of nitrogens with one attached hydrogen (secondary N) is 1. The minimum atomic E-state index is -0.476. The highest BCUT2D eigenvalue weighted by Crippen LogP contribution is 2.16. The SMILES string of the molecule is CC(C)(C)OC(=O)NCCCCn1c(CO)nc2ccccc21. The number of ether oxygens (including phenoxy) is 1. The van der Waals surface area contributed by atoms with Crippen LogP contribution in [0.1, 0.15) is 39.4 Å². The fraction of sp³-hybridized carbons (Fsp3) is 0.529. The Morgan fingerprint density at radius 2 is 2.04 bits per heavy atom.